The van der Waals surface area contributed by atoms with E-state index in [4.69, 9.17) is 9.47 Å². The predicted octanol–water partition coefficient (Wildman–Crippen LogP) is 1.79. The summed E-state index contributed by atoms with van der Waals surface area (Å²) in [6.07, 6.45) is 6.39. The third-order valence-corrected chi connectivity index (χ3v) is 2.40. The van der Waals surface area contributed by atoms with Gasteiger partial charge in [-0.2, -0.15) is 0 Å². The van der Waals surface area contributed by atoms with Gasteiger partial charge >= 0.3 is 23.9 Å². The molecule has 0 amide bonds. The average Bonchev–Trinajstić information content (AvgIpc) is 2.56. The molecule has 24 heavy (non-hydrogen) atoms. The van der Waals surface area contributed by atoms with Crippen LogP contribution in [0.15, 0.2) is 24.3 Å². The lowest BCUT2D eigenvalue weighted by Gasteiger charge is -2.00. The molecule has 0 aliphatic rings. The van der Waals surface area contributed by atoms with E-state index in [1.165, 1.54) is 0 Å². The standard InChI is InChI=1S/C16H22O8/c1-3-5-11-21-13(17)7-9-15(19)23-24-16(20)10-8-14(18)22-12-6-4-2/h7-10H,3-6,11-12H2,1-2H3/b9-7+,10-8+. The van der Waals surface area contributed by atoms with Gasteiger partial charge in [0.1, 0.15) is 0 Å². The summed E-state index contributed by atoms with van der Waals surface area (Å²) in [5.74, 6) is -3.56. The Kier molecular flexibility index (Phi) is 12.4. The Morgan fingerprint density at radius 3 is 1.29 bits per heavy atom. The molecule has 0 aliphatic carbocycles. The van der Waals surface area contributed by atoms with Gasteiger partial charge < -0.3 is 9.47 Å². The van der Waals surface area contributed by atoms with E-state index in [-0.39, 0.29) is 13.2 Å². The number of carbonyl (C=O) groups excluding carboxylic acids is 4. The van der Waals surface area contributed by atoms with Crippen molar-refractivity contribution in [2.24, 2.45) is 0 Å². The fraction of sp³-hybridized carbons (Fsp3) is 0.500. The van der Waals surface area contributed by atoms with Crippen LogP contribution >= 0.6 is 0 Å². The van der Waals surface area contributed by atoms with Crippen LogP contribution in [0.3, 0.4) is 0 Å². The third kappa shape index (κ3) is 13.1. The molecule has 0 radical (unpaired) electrons. The summed E-state index contributed by atoms with van der Waals surface area (Å²) in [6.45, 7) is 4.38. The quantitative estimate of drug-likeness (QED) is 0.194. The summed E-state index contributed by atoms with van der Waals surface area (Å²) >= 11 is 0. The molecule has 0 heterocycles. The van der Waals surface area contributed by atoms with Gasteiger partial charge in [-0.3, -0.25) is 0 Å². The first-order chi connectivity index (χ1) is 11.5. The zero-order valence-corrected chi connectivity index (χ0v) is 13.8. The summed E-state index contributed by atoms with van der Waals surface area (Å²) in [7, 11) is 0. The molecule has 0 aromatic heterocycles. The molecule has 0 fully saturated rings. The molecular formula is C16H22O8. The highest BCUT2D eigenvalue weighted by Gasteiger charge is 2.06. The number of carbonyl (C=O) groups is 4. The van der Waals surface area contributed by atoms with Crippen molar-refractivity contribution < 1.29 is 38.4 Å². The second kappa shape index (κ2) is 14.0. The Morgan fingerprint density at radius 2 is 0.958 bits per heavy atom. The molecule has 8 nitrogen and oxygen atoms in total. The molecule has 0 atom stereocenters. The van der Waals surface area contributed by atoms with Gasteiger partial charge in [0.2, 0.25) is 0 Å². The lowest BCUT2D eigenvalue weighted by Crippen LogP contribution is -2.09. The summed E-state index contributed by atoms with van der Waals surface area (Å²) in [6, 6.07) is 0. The van der Waals surface area contributed by atoms with Crippen molar-refractivity contribution in [3.63, 3.8) is 0 Å². The summed E-state index contributed by atoms with van der Waals surface area (Å²) in [4.78, 5) is 52.9. The number of hydrogen-bond acceptors (Lipinski definition) is 8. The third-order valence-electron chi connectivity index (χ3n) is 2.40. The molecule has 0 aromatic carbocycles. The Labute approximate surface area is 140 Å². The van der Waals surface area contributed by atoms with Crippen LogP contribution in [0.4, 0.5) is 0 Å². The number of rotatable bonds is 10. The average molecular weight is 342 g/mol. The van der Waals surface area contributed by atoms with Gasteiger partial charge in [-0.25, -0.2) is 29.0 Å². The van der Waals surface area contributed by atoms with Crippen LogP contribution in [0.1, 0.15) is 39.5 Å². The van der Waals surface area contributed by atoms with Crippen molar-refractivity contribution in [1.29, 1.82) is 0 Å². The molecule has 0 unspecified atom stereocenters. The van der Waals surface area contributed by atoms with Crippen LogP contribution in [-0.4, -0.2) is 37.1 Å². The van der Waals surface area contributed by atoms with Gasteiger partial charge in [-0.05, 0) is 12.8 Å². The van der Waals surface area contributed by atoms with E-state index in [9.17, 15) is 19.2 Å². The minimum absolute atomic E-state index is 0.253. The normalized spacial score (nSPS) is 10.6. The van der Waals surface area contributed by atoms with E-state index >= 15 is 0 Å². The SMILES string of the molecule is CCCCOC(=O)/C=C/C(=O)OOC(=O)/C=C/C(=O)OCCCC. The maximum atomic E-state index is 11.2. The van der Waals surface area contributed by atoms with Gasteiger partial charge in [-0.1, -0.05) is 26.7 Å². The monoisotopic (exact) mass is 342 g/mol. The fourth-order valence-electron chi connectivity index (χ4n) is 1.14. The molecule has 0 rings (SSSR count). The lowest BCUT2D eigenvalue weighted by atomic mass is 10.4. The molecule has 0 aliphatic heterocycles. The molecule has 0 aromatic rings. The zero-order chi connectivity index (χ0) is 18.2. The highest BCUT2D eigenvalue weighted by atomic mass is 17.2. The van der Waals surface area contributed by atoms with Crippen LogP contribution in [0, 0.1) is 0 Å². The Hall–Kier alpha value is -2.64. The molecule has 0 saturated heterocycles. The minimum Gasteiger partial charge on any atom is -0.463 e. The second-order valence-corrected chi connectivity index (χ2v) is 4.51. The van der Waals surface area contributed by atoms with E-state index in [2.05, 4.69) is 9.78 Å². The topological polar surface area (TPSA) is 105 Å². The largest absolute Gasteiger partial charge is 0.463 e. The summed E-state index contributed by atoms with van der Waals surface area (Å²) in [5.41, 5.74) is 0. The van der Waals surface area contributed by atoms with Crippen LogP contribution in [0.5, 0.6) is 0 Å². The van der Waals surface area contributed by atoms with Crippen LogP contribution < -0.4 is 0 Å². The Morgan fingerprint density at radius 1 is 0.625 bits per heavy atom. The number of unbranched alkanes of at least 4 members (excludes halogenated alkanes) is 2. The first kappa shape index (κ1) is 21.4. The summed E-state index contributed by atoms with van der Waals surface area (Å²) in [5, 5.41) is 0. The molecule has 8 heteroatoms. The first-order valence-electron chi connectivity index (χ1n) is 7.61. The molecule has 134 valence electrons. The van der Waals surface area contributed by atoms with Crippen molar-refractivity contribution in [2.75, 3.05) is 13.2 Å². The Balaban J connectivity index is 3.98. The van der Waals surface area contributed by atoms with Crippen molar-refractivity contribution in [2.45, 2.75) is 39.5 Å². The summed E-state index contributed by atoms with van der Waals surface area (Å²) < 4.78 is 9.52. The first-order valence-corrected chi connectivity index (χ1v) is 7.61. The minimum atomic E-state index is -1.07. The maximum Gasteiger partial charge on any atom is 0.379 e. The lowest BCUT2D eigenvalue weighted by molar-refractivity contribution is -0.250. The molecule has 0 bridgehead atoms. The van der Waals surface area contributed by atoms with E-state index < -0.39 is 23.9 Å². The number of hydrogen-bond donors (Lipinski definition) is 0. The van der Waals surface area contributed by atoms with Crippen molar-refractivity contribution in [1.82, 2.24) is 0 Å². The second-order valence-electron chi connectivity index (χ2n) is 4.51. The predicted molar refractivity (Wildman–Crippen MR) is 82.2 cm³/mol. The van der Waals surface area contributed by atoms with Gasteiger partial charge in [0.25, 0.3) is 0 Å². The van der Waals surface area contributed by atoms with E-state index in [1.807, 2.05) is 13.8 Å². The molecule has 0 spiro atoms. The molecule has 0 N–H and O–H groups in total. The van der Waals surface area contributed by atoms with E-state index in [0.29, 0.717) is 0 Å². The van der Waals surface area contributed by atoms with Gasteiger partial charge in [0, 0.05) is 24.3 Å². The van der Waals surface area contributed by atoms with Gasteiger partial charge in [0.05, 0.1) is 13.2 Å². The van der Waals surface area contributed by atoms with Crippen LogP contribution in [-0.2, 0) is 38.4 Å². The van der Waals surface area contributed by atoms with Gasteiger partial charge in [-0.15, -0.1) is 0 Å². The van der Waals surface area contributed by atoms with Gasteiger partial charge in [0.15, 0.2) is 0 Å². The highest BCUT2D eigenvalue weighted by molar-refractivity contribution is 5.93. The molecule has 0 saturated carbocycles. The van der Waals surface area contributed by atoms with E-state index in [1.54, 1.807) is 0 Å². The van der Waals surface area contributed by atoms with Crippen molar-refractivity contribution >= 4 is 23.9 Å². The zero-order valence-electron chi connectivity index (χ0n) is 13.8. The van der Waals surface area contributed by atoms with Crippen molar-refractivity contribution in [3.05, 3.63) is 24.3 Å². The van der Waals surface area contributed by atoms with Crippen molar-refractivity contribution in [3.8, 4) is 0 Å². The maximum absolute atomic E-state index is 11.2. The number of ether oxygens (including phenoxy) is 2. The van der Waals surface area contributed by atoms with Crippen LogP contribution in [0.25, 0.3) is 0 Å². The van der Waals surface area contributed by atoms with E-state index in [0.717, 1.165) is 50.0 Å². The highest BCUT2D eigenvalue weighted by Crippen LogP contribution is 1.93. The van der Waals surface area contributed by atoms with Crippen LogP contribution in [0.2, 0.25) is 0 Å². The Bertz CT molecular complexity index is 434. The number of esters is 2. The smallest absolute Gasteiger partial charge is 0.379 e. The fourth-order valence-corrected chi connectivity index (χ4v) is 1.14. The molecular weight excluding hydrogens is 320 g/mol.